The minimum Gasteiger partial charge on any atom is -0.311 e. The Morgan fingerprint density at radius 1 is 0.195 bits per heavy atom. The van der Waals surface area contributed by atoms with Crippen molar-refractivity contribution in [3.8, 4) is 100 Å². The van der Waals surface area contributed by atoms with Gasteiger partial charge in [0, 0.05) is 77.9 Å². The third-order valence-electron chi connectivity index (χ3n) is 26.0. The normalized spacial score (nSPS) is 12.8. The highest BCUT2D eigenvalue weighted by atomic mass is 15.2. The summed E-state index contributed by atoms with van der Waals surface area (Å²) in [5, 5.41) is 4.85. The molecule has 0 saturated carbocycles. The lowest BCUT2D eigenvalue weighted by Gasteiger charge is -2.45. The van der Waals surface area contributed by atoms with E-state index in [9.17, 15) is 0 Å². The van der Waals surface area contributed by atoms with Crippen LogP contribution in [-0.2, 0) is 21.7 Å². The number of nitrogens with zero attached hydrogens (tertiary/aromatic N) is 4. The van der Waals surface area contributed by atoms with Gasteiger partial charge in [0.25, 0.3) is 6.71 Å². The molecule has 4 nitrogen and oxygen atoms in total. The first kappa shape index (κ1) is 76.4. The van der Waals surface area contributed by atoms with E-state index in [1.807, 2.05) is 0 Å². The van der Waals surface area contributed by atoms with Crippen molar-refractivity contribution in [2.45, 2.75) is 105 Å². The molecule has 17 aromatic carbocycles. The molecule has 2 aromatic heterocycles. The Kier molecular flexibility index (Phi) is 18.3. The second kappa shape index (κ2) is 29.4. The molecule has 0 unspecified atom stereocenters. The number of hydrogen-bond acceptors (Lipinski definition) is 2. The Balaban J connectivity index is 0.881. The molecular formula is C118H99BN4. The Morgan fingerprint density at radius 3 is 0.821 bits per heavy atom. The first-order chi connectivity index (χ1) is 59.5. The molecule has 19 aromatic rings. The Labute approximate surface area is 724 Å². The highest BCUT2D eigenvalue weighted by Crippen LogP contribution is 2.52. The molecule has 5 heteroatoms. The largest absolute Gasteiger partial charge is 0.311 e. The Morgan fingerprint density at radius 2 is 0.472 bits per heavy atom. The highest BCUT2D eigenvalue weighted by Gasteiger charge is 2.45. The molecule has 0 spiro atoms. The van der Waals surface area contributed by atoms with Crippen molar-refractivity contribution < 1.29 is 0 Å². The van der Waals surface area contributed by atoms with Crippen LogP contribution in [0.1, 0.15) is 105 Å². The van der Waals surface area contributed by atoms with Gasteiger partial charge in [0.05, 0.1) is 33.4 Å². The summed E-state index contributed by atoms with van der Waals surface area (Å²) in [5.41, 5.74) is 40.6. The van der Waals surface area contributed by atoms with E-state index in [-0.39, 0.29) is 28.4 Å². The van der Waals surface area contributed by atoms with Crippen LogP contribution in [0.2, 0.25) is 0 Å². The molecule has 0 amide bonds. The molecule has 0 fully saturated rings. The number of hydrogen-bond donors (Lipinski definition) is 0. The second-order valence-electron chi connectivity index (χ2n) is 38.1. The summed E-state index contributed by atoms with van der Waals surface area (Å²) in [6.07, 6.45) is 0. The van der Waals surface area contributed by atoms with Crippen molar-refractivity contribution in [2.24, 2.45) is 0 Å². The summed E-state index contributed by atoms with van der Waals surface area (Å²) in [5.74, 6) is 0. The fraction of sp³-hybridized carbons (Fsp3) is 0.136. The van der Waals surface area contributed by atoms with Crippen LogP contribution in [-0.4, -0.2) is 15.8 Å². The first-order valence-corrected chi connectivity index (χ1v) is 43.6. The van der Waals surface area contributed by atoms with Crippen LogP contribution < -0.4 is 26.2 Å². The van der Waals surface area contributed by atoms with Gasteiger partial charge in [0.2, 0.25) is 0 Å². The van der Waals surface area contributed by atoms with Crippen LogP contribution in [0.15, 0.2) is 382 Å². The summed E-state index contributed by atoms with van der Waals surface area (Å²) in [6.45, 7) is 27.9. The number of fused-ring (bicyclic) bond motifs is 10. The van der Waals surface area contributed by atoms with E-state index in [1.54, 1.807) is 0 Å². The van der Waals surface area contributed by atoms with E-state index in [4.69, 9.17) is 0 Å². The fourth-order valence-corrected chi connectivity index (χ4v) is 19.6. The van der Waals surface area contributed by atoms with Crippen molar-refractivity contribution in [2.75, 3.05) is 9.80 Å². The van der Waals surface area contributed by atoms with Crippen molar-refractivity contribution in [1.29, 1.82) is 0 Å². The van der Waals surface area contributed by atoms with Gasteiger partial charge in [-0.25, -0.2) is 0 Å². The maximum absolute atomic E-state index is 2.63. The van der Waals surface area contributed by atoms with E-state index >= 15 is 0 Å². The SMILES string of the molecule is CC(C)(C)c1cc(-c2cccc3c4ccccc4n(-c4ccc5c(c4)B4c6cc(-n7c8ccccc8c8cccc(-c9cc(C(C)(C)C)cc(C(C)(C)C)c9)c87)ccc6N(c6ccccc6-c6cc(-c7ccccc7)cc(-c7ccccc7)c6)c6cccc(c64)N5c4ccccc4-c4cc(-c5ccccc5)cc(-c5ccccc5)c4)c23)cc(C(C)(C)C)c1. The van der Waals surface area contributed by atoms with Crippen LogP contribution in [0.3, 0.4) is 0 Å². The fourth-order valence-electron chi connectivity index (χ4n) is 19.6. The molecule has 0 radical (unpaired) electrons. The first-order valence-electron chi connectivity index (χ1n) is 43.6. The van der Waals surface area contributed by atoms with Crippen molar-refractivity contribution in [3.05, 3.63) is 404 Å². The zero-order valence-electron chi connectivity index (χ0n) is 72.2. The molecule has 0 saturated heterocycles. The summed E-state index contributed by atoms with van der Waals surface area (Å²) < 4.78 is 5.21. The lowest BCUT2D eigenvalue weighted by molar-refractivity contribution is 0.568. The minimum atomic E-state index is -0.333. The van der Waals surface area contributed by atoms with Crippen LogP contribution in [0.5, 0.6) is 0 Å². The van der Waals surface area contributed by atoms with Gasteiger partial charge in [-0.2, -0.15) is 0 Å². The molecule has 2 aliphatic rings. The predicted octanol–water partition coefficient (Wildman–Crippen LogP) is 30.5. The molecule has 0 atom stereocenters. The molecule has 4 heterocycles. The third-order valence-corrected chi connectivity index (χ3v) is 26.0. The van der Waals surface area contributed by atoms with Crippen molar-refractivity contribution in [3.63, 3.8) is 0 Å². The van der Waals surface area contributed by atoms with E-state index in [0.717, 1.165) is 123 Å². The summed E-state index contributed by atoms with van der Waals surface area (Å²) in [4.78, 5) is 5.27. The summed E-state index contributed by atoms with van der Waals surface area (Å²) in [6, 6.07) is 146. The molecule has 0 bridgehead atoms. The van der Waals surface area contributed by atoms with Crippen LogP contribution >= 0.6 is 0 Å². The van der Waals surface area contributed by atoms with Crippen LogP contribution in [0, 0.1) is 0 Å². The number of rotatable bonds is 12. The number of para-hydroxylation sites is 6. The monoisotopic (exact) mass is 1580 g/mol. The molecule has 123 heavy (non-hydrogen) atoms. The van der Waals surface area contributed by atoms with Crippen LogP contribution in [0.25, 0.3) is 144 Å². The quantitative estimate of drug-likeness (QED) is 0.113. The van der Waals surface area contributed by atoms with Crippen molar-refractivity contribution in [1.82, 2.24) is 9.13 Å². The van der Waals surface area contributed by atoms with E-state index < -0.39 is 0 Å². The van der Waals surface area contributed by atoms with E-state index in [0.29, 0.717) is 0 Å². The zero-order valence-corrected chi connectivity index (χ0v) is 72.2. The predicted molar refractivity (Wildman–Crippen MR) is 527 cm³/mol. The van der Waals surface area contributed by atoms with Crippen molar-refractivity contribution >= 4 is 101 Å². The van der Waals surface area contributed by atoms with Gasteiger partial charge in [0.1, 0.15) is 0 Å². The lowest BCUT2D eigenvalue weighted by atomic mass is 9.33. The average Bonchev–Trinajstić information content (AvgIpc) is 1.30. The summed E-state index contributed by atoms with van der Waals surface area (Å²) in [7, 11) is 0. The van der Waals surface area contributed by atoms with Gasteiger partial charge < -0.3 is 18.9 Å². The topological polar surface area (TPSA) is 16.3 Å². The number of aromatic nitrogens is 2. The maximum atomic E-state index is 2.63. The molecule has 0 N–H and O–H groups in total. The number of benzene rings is 17. The second-order valence-corrected chi connectivity index (χ2v) is 38.1. The molecular weight excluding hydrogens is 1480 g/mol. The van der Waals surface area contributed by atoms with Gasteiger partial charge in [-0.15, -0.1) is 0 Å². The van der Waals surface area contributed by atoms with Gasteiger partial charge in [0.15, 0.2) is 0 Å². The lowest BCUT2D eigenvalue weighted by Crippen LogP contribution is -2.61. The van der Waals surface area contributed by atoms with Gasteiger partial charge in [-0.05, 0) is 236 Å². The highest BCUT2D eigenvalue weighted by molar-refractivity contribution is 7.00. The molecule has 21 rings (SSSR count). The van der Waals surface area contributed by atoms with E-state index in [1.165, 1.54) is 93.5 Å². The molecule has 0 aliphatic carbocycles. The van der Waals surface area contributed by atoms with Crippen LogP contribution in [0.4, 0.5) is 34.1 Å². The zero-order chi connectivity index (χ0) is 84.0. The molecule has 2 aliphatic heterocycles. The average molecular weight is 1580 g/mol. The Hall–Kier alpha value is -14.0. The minimum absolute atomic E-state index is 0.102. The summed E-state index contributed by atoms with van der Waals surface area (Å²) >= 11 is 0. The third kappa shape index (κ3) is 13.3. The standard InChI is InChI=1S/C118H99BN4/c1-115(2,3)88-68-86(69-89(72-88)116(4,5)6)96-48-33-50-100-98-46-27-31-54-106(98)120(113(96)100)92-58-60-108-102(74-92)119-103-75-93(121-107-55-32-28-47-99(107)101-51-34-49-97(114(101)121)87-70-90(117(7,8)9)73-91(71-87)118(10,11)12)59-61-109(103)123(105-53-30-26-45-95(105)85-66-82(78-40-21-15-22-41-78)63-83(67-85)79-42-23-16-24-43-79)111-57-35-56-110(112(111)119)122(108)104-52-29-25-44-94(104)84-64-80(76-36-17-13-18-37-76)62-81(65-84)77-38-19-14-20-39-77/h13-75H,1-12H3. The maximum Gasteiger partial charge on any atom is 0.252 e. The van der Waals surface area contributed by atoms with E-state index in [2.05, 4.69) is 484 Å². The van der Waals surface area contributed by atoms with Gasteiger partial charge >= 0.3 is 0 Å². The molecule has 594 valence electrons. The number of anilines is 6. The smallest absolute Gasteiger partial charge is 0.252 e. The van der Waals surface area contributed by atoms with Gasteiger partial charge in [-0.3, -0.25) is 0 Å². The Bertz CT molecular complexity index is 6780. The van der Waals surface area contributed by atoms with Gasteiger partial charge in [-0.1, -0.05) is 356 Å².